The van der Waals surface area contributed by atoms with Gasteiger partial charge in [0.05, 0.1) is 23.0 Å². The SMILES string of the molecule is CCCCC(CC)CNc1cc(C#N)ccc1N. The summed E-state index contributed by atoms with van der Waals surface area (Å²) < 4.78 is 0. The summed E-state index contributed by atoms with van der Waals surface area (Å²) in [5.74, 6) is 0.676. The van der Waals surface area contributed by atoms with Crippen molar-refractivity contribution in [2.45, 2.75) is 39.5 Å². The van der Waals surface area contributed by atoms with E-state index in [9.17, 15) is 0 Å². The van der Waals surface area contributed by atoms with Gasteiger partial charge in [-0.25, -0.2) is 0 Å². The van der Waals surface area contributed by atoms with E-state index in [-0.39, 0.29) is 0 Å². The third-order valence-electron chi connectivity index (χ3n) is 3.31. The Balaban J connectivity index is 2.59. The third-order valence-corrected chi connectivity index (χ3v) is 3.31. The van der Waals surface area contributed by atoms with Crippen LogP contribution >= 0.6 is 0 Å². The Bertz CT molecular complexity index is 407. The molecule has 1 aromatic carbocycles. The molecule has 0 fully saturated rings. The maximum absolute atomic E-state index is 8.87. The second kappa shape index (κ2) is 7.60. The van der Waals surface area contributed by atoms with E-state index in [1.165, 1.54) is 25.7 Å². The Kier molecular flexibility index (Phi) is 6.07. The molecule has 0 bridgehead atoms. The number of hydrogen-bond donors (Lipinski definition) is 2. The van der Waals surface area contributed by atoms with Crippen LogP contribution in [0, 0.1) is 17.2 Å². The molecule has 0 saturated heterocycles. The summed E-state index contributed by atoms with van der Waals surface area (Å²) in [4.78, 5) is 0. The Hall–Kier alpha value is -1.69. The van der Waals surface area contributed by atoms with Gasteiger partial charge >= 0.3 is 0 Å². The van der Waals surface area contributed by atoms with Crippen molar-refractivity contribution < 1.29 is 0 Å². The van der Waals surface area contributed by atoms with E-state index in [1.807, 2.05) is 6.07 Å². The molecule has 3 N–H and O–H groups in total. The highest BCUT2D eigenvalue weighted by Crippen LogP contribution is 2.21. The maximum Gasteiger partial charge on any atom is 0.0992 e. The summed E-state index contributed by atoms with van der Waals surface area (Å²) >= 11 is 0. The van der Waals surface area contributed by atoms with Gasteiger partial charge in [0.25, 0.3) is 0 Å². The van der Waals surface area contributed by atoms with E-state index in [0.29, 0.717) is 17.2 Å². The van der Waals surface area contributed by atoms with Gasteiger partial charge in [0.2, 0.25) is 0 Å². The smallest absolute Gasteiger partial charge is 0.0992 e. The minimum absolute atomic E-state index is 0.647. The van der Waals surface area contributed by atoms with Gasteiger partial charge < -0.3 is 11.1 Å². The molecule has 0 heterocycles. The molecule has 0 amide bonds. The van der Waals surface area contributed by atoms with Crippen LogP contribution in [0.4, 0.5) is 11.4 Å². The van der Waals surface area contributed by atoms with E-state index in [4.69, 9.17) is 11.0 Å². The monoisotopic (exact) mass is 245 g/mol. The average molecular weight is 245 g/mol. The van der Waals surface area contributed by atoms with Crippen LogP contribution in [-0.2, 0) is 0 Å². The quantitative estimate of drug-likeness (QED) is 0.719. The molecule has 0 aliphatic rings. The lowest BCUT2D eigenvalue weighted by Crippen LogP contribution is -2.14. The molecule has 0 spiro atoms. The molecular formula is C15H23N3. The average Bonchev–Trinajstić information content (AvgIpc) is 2.40. The molecule has 1 aromatic rings. The molecule has 0 radical (unpaired) electrons. The number of unbranched alkanes of at least 4 members (excludes halogenated alkanes) is 1. The molecular weight excluding hydrogens is 222 g/mol. The molecule has 98 valence electrons. The summed E-state index contributed by atoms with van der Waals surface area (Å²) in [5.41, 5.74) is 8.13. The minimum Gasteiger partial charge on any atom is -0.397 e. The topological polar surface area (TPSA) is 61.8 Å². The summed E-state index contributed by atoms with van der Waals surface area (Å²) in [6.45, 7) is 5.36. The van der Waals surface area contributed by atoms with E-state index in [1.54, 1.807) is 12.1 Å². The van der Waals surface area contributed by atoms with Crippen LogP contribution in [0.15, 0.2) is 18.2 Å². The van der Waals surface area contributed by atoms with Crippen molar-refractivity contribution in [3.05, 3.63) is 23.8 Å². The molecule has 1 atom stereocenters. The van der Waals surface area contributed by atoms with Gasteiger partial charge in [-0.05, 0) is 30.5 Å². The number of anilines is 2. The largest absolute Gasteiger partial charge is 0.397 e. The van der Waals surface area contributed by atoms with Gasteiger partial charge in [-0.1, -0.05) is 33.1 Å². The first kappa shape index (κ1) is 14.4. The molecule has 0 aliphatic carbocycles. The Labute approximate surface area is 110 Å². The highest BCUT2D eigenvalue weighted by atomic mass is 14.9. The minimum atomic E-state index is 0.647. The maximum atomic E-state index is 8.87. The Morgan fingerprint density at radius 2 is 2.17 bits per heavy atom. The number of benzene rings is 1. The van der Waals surface area contributed by atoms with E-state index in [0.717, 1.165) is 12.2 Å². The number of nitriles is 1. The molecule has 1 unspecified atom stereocenters. The normalized spacial score (nSPS) is 11.8. The lowest BCUT2D eigenvalue weighted by molar-refractivity contribution is 0.473. The highest BCUT2D eigenvalue weighted by molar-refractivity contribution is 5.68. The first-order valence-electron chi connectivity index (χ1n) is 6.74. The second-order valence-corrected chi connectivity index (χ2v) is 4.71. The van der Waals surface area contributed by atoms with Crippen molar-refractivity contribution in [3.8, 4) is 6.07 Å². The molecule has 18 heavy (non-hydrogen) atoms. The van der Waals surface area contributed by atoms with E-state index in [2.05, 4.69) is 25.2 Å². The molecule has 0 saturated carbocycles. The Morgan fingerprint density at radius 3 is 2.78 bits per heavy atom. The zero-order valence-electron chi connectivity index (χ0n) is 11.4. The zero-order valence-corrected chi connectivity index (χ0v) is 11.4. The van der Waals surface area contributed by atoms with Crippen LogP contribution in [0.2, 0.25) is 0 Å². The summed E-state index contributed by atoms with van der Waals surface area (Å²) in [7, 11) is 0. The predicted molar refractivity (Wildman–Crippen MR) is 77.4 cm³/mol. The third kappa shape index (κ3) is 4.29. The van der Waals surface area contributed by atoms with Crippen LogP contribution in [0.5, 0.6) is 0 Å². The van der Waals surface area contributed by atoms with Crippen molar-refractivity contribution in [1.29, 1.82) is 5.26 Å². The zero-order chi connectivity index (χ0) is 13.4. The van der Waals surface area contributed by atoms with Crippen molar-refractivity contribution in [2.24, 2.45) is 5.92 Å². The summed E-state index contributed by atoms with van der Waals surface area (Å²) in [6.07, 6.45) is 4.93. The predicted octanol–water partition coefficient (Wildman–Crippen LogP) is 3.77. The molecule has 3 heteroatoms. The van der Waals surface area contributed by atoms with Crippen LogP contribution < -0.4 is 11.1 Å². The number of hydrogen-bond acceptors (Lipinski definition) is 3. The van der Waals surface area contributed by atoms with Crippen molar-refractivity contribution >= 4 is 11.4 Å². The lowest BCUT2D eigenvalue weighted by atomic mass is 9.99. The van der Waals surface area contributed by atoms with Gasteiger partial charge in [0.1, 0.15) is 0 Å². The van der Waals surface area contributed by atoms with Gasteiger partial charge in [0.15, 0.2) is 0 Å². The molecule has 0 aromatic heterocycles. The van der Waals surface area contributed by atoms with Gasteiger partial charge in [-0.2, -0.15) is 5.26 Å². The van der Waals surface area contributed by atoms with Crippen LogP contribution in [-0.4, -0.2) is 6.54 Å². The molecule has 1 rings (SSSR count). The lowest BCUT2D eigenvalue weighted by Gasteiger charge is -2.17. The second-order valence-electron chi connectivity index (χ2n) is 4.71. The van der Waals surface area contributed by atoms with Gasteiger partial charge in [0, 0.05) is 6.54 Å². The standard InChI is InChI=1S/C15H23N3/c1-3-5-6-12(4-2)11-18-15-9-13(10-16)7-8-14(15)17/h7-9,12,18H,3-6,11,17H2,1-2H3. The number of nitrogens with two attached hydrogens (primary N) is 1. The first-order valence-corrected chi connectivity index (χ1v) is 6.74. The fraction of sp³-hybridized carbons (Fsp3) is 0.533. The van der Waals surface area contributed by atoms with Gasteiger partial charge in [-0.3, -0.25) is 0 Å². The molecule has 0 aliphatic heterocycles. The highest BCUT2D eigenvalue weighted by Gasteiger charge is 2.07. The van der Waals surface area contributed by atoms with E-state index < -0.39 is 0 Å². The van der Waals surface area contributed by atoms with Crippen molar-refractivity contribution in [3.63, 3.8) is 0 Å². The summed E-state index contributed by atoms with van der Waals surface area (Å²) in [5, 5.41) is 12.2. The molecule has 3 nitrogen and oxygen atoms in total. The fourth-order valence-electron chi connectivity index (χ4n) is 1.98. The Morgan fingerprint density at radius 1 is 1.39 bits per heavy atom. The van der Waals surface area contributed by atoms with E-state index >= 15 is 0 Å². The first-order chi connectivity index (χ1) is 8.71. The number of rotatable bonds is 7. The van der Waals surface area contributed by atoms with Crippen LogP contribution in [0.25, 0.3) is 0 Å². The van der Waals surface area contributed by atoms with Crippen LogP contribution in [0.1, 0.15) is 45.1 Å². The van der Waals surface area contributed by atoms with Gasteiger partial charge in [-0.15, -0.1) is 0 Å². The number of nitrogen functional groups attached to an aromatic ring is 1. The van der Waals surface area contributed by atoms with Crippen molar-refractivity contribution in [1.82, 2.24) is 0 Å². The summed E-state index contributed by atoms with van der Waals surface area (Å²) in [6, 6.07) is 7.49. The van der Waals surface area contributed by atoms with Crippen LogP contribution in [0.3, 0.4) is 0 Å². The number of nitrogens with zero attached hydrogens (tertiary/aromatic N) is 1. The van der Waals surface area contributed by atoms with Crippen molar-refractivity contribution in [2.75, 3.05) is 17.6 Å². The fourth-order valence-corrected chi connectivity index (χ4v) is 1.98. The number of nitrogens with one attached hydrogen (secondary N) is 1.